The van der Waals surface area contributed by atoms with Crippen molar-refractivity contribution in [2.75, 3.05) is 14.2 Å². The first-order valence-corrected chi connectivity index (χ1v) is 8.97. The second kappa shape index (κ2) is 6.58. The lowest BCUT2D eigenvalue weighted by Crippen LogP contribution is -2.35. The van der Waals surface area contributed by atoms with Crippen molar-refractivity contribution in [2.45, 2.75) is 25.3 Å². The number of hydrogen-bond acceptors (Lipinski definition) is 4. The van der Waals surface area contributed by atoms with E-state index >= 15 is 0 Å². The number of carbonyl (C=O) groups excluding carboxylic acids is 1. The van der Waals surface area contributed by atoms with Crippen LogP contribution in [0, 0.1) is 6.92 Å². The number of pyridine rings is 1. The molecule has 0 bridgehead atoms. The molecule has 5 heteroatoms. The predicted molar refractivity (Wildman–Crippen MR) is 104 cm³/mol. The number of ether oxygens (including phenoxy) is 2. The molecule has 27 heavy (non-hydrogen) atoms. The Hall–Kier alpha value is -3.08. The molecule has 1 amide bonds. The van der Waals surface area contributed by atoms with Crippen molar-refractivity contribution in [1.29, 1.82) is 0 Å². The monoisotopic (exact) mass is 362 g/mol. The van der Waals surface area contributed by atoms with Gasteiger partial charge in [-0.25, -0.2) is 0 Å². The lowest BCUT2D eigenvalue weighted by molar-refractivity contribution is 0.0930. The number of carbonyl (C=O) groups is 1. The topological polar surface area (TPSA) is 60.5 Å². The molecule has 4 rings (SSSR count). The number of nitrogens with zero attached hydrogens (tertiary/aromatic N) is 1. The summed E-state index contributed by atoms with van der Waals surface area (Å²) in [7, 11) is 3.25. The summed E-state index contributed by atoms with van der Waals surface area (Å²) in [5.74, 6) is 1.34. The number of fused-ring (bicyclic) bond motifs is 1. The summed E-state index contributed by atoms with van der Waals surface area (Å²) in [6, 6.07) is 13.4. The van der Waals surface area contributed by atoms with E-state index in [1.54, 1.807) is 26.5 Å². The van der Waals surface area contributed by atoms with Crippen LogP contribution in [0.1, 0.15) is 34.3 Å². The molecule has 1 aromatic heterocycles. The maximum atomic E-state index is 13.0. The summed E-state index contributed by atoms with van der Waals surface area (Å²) < 4.78 is 10.7. The Morgan fingerprint density at radius 2 is 1.85 bits per heavy atom. The molecule has 1 fully saturated rings. The smallest absolute Gasteiger partial charge is 0.252 e. The minimum atomic E-state index is -0.409. The summed E-state index contributed by atoms with van der Waals surface area (Å²) in [5, 5.41) is 4.25. The highest BCUT2D eigenvalue weighted by molar-refractivity contribution is 5.97. The second-order valence-electron chi connectivity index (χ2n) is 6.97. The molecule has 0 radical (unpaired) electrons. The Morgan fingerprint density at radius 1 is 1.07 bits per heavy atom. The summed E-state index contributed by atoms with van der Waals surface area (Å²) in [6.45, 7) is 1.93. The largest absolute Gasteiger partial charge is 0.497 e. The van der Waals surface area contributed by atoms with Gasteiger partial charge >= 0.3 is 0 Å². The zero-order chi connectivity index (χ0) is 19.0. The molecule has 1 aliphatic rings. The number of benzene rings is 2. The van der Waals surface area contributed by atoms with Gasteiger partial charge in [0.1, 0.15) is 11.5 Å². The average molecular weight is 362 g/mol. The lowest BCUT2D eigenvalue weighted by Gasteiger charge is -2.21. The van der Waals surface area contributed by atoms with Crippen molar-refractivity contribution in [1.82, 2.24) is 10.3 Å². The van der Waals surface area contributed by atoms with Crippen LogP contribution in [0.3, 0.4) is 0 Å². The first kappa shape index (κ1) is 17.3. The average Bonchev–Trinajstić information content (AvgIpc) is 3.47. The molecule has 0 unspecified atom stereocenters. The summed E-state index contributed by atoms with van der Waals surface area (Å²) in [4.78, 5) is 17.6. The van der Waals surface area contributed by atoms with Crippen molar-refractivity contribution >= 4 is 16.8 Å². The van der Waals surface area contributed by atoms with Crippen molar-refractivity contribution < 1.29 is 14.3 Å². The van der Waals surface area contributed by atoms with Gasteiger partial charge < -0.3 is 14.8 Å². The highest BCUT2D eigenvalue weighted by Gasteiger charge is 2.47. The van der Waals surface area contributed by atoms with E-state index in [1.165, 1.54) is 0 Å². The van der Waals surface area contributed by atoms with Crippen molar-refractivity contribution in [3.05, 3.63) is 65.4 Å². The fraction of sp³-hybridized carbons (Fsp3) is 0.273. The molecule has 0 atom stereocenters. The second-order valence-corrected chi connectivity index (χ2v) is 6.97. The van der Waals surface area contributed by atoms with Crippen LogP contribution in [-0.4, -0.2) is 25.1 Å². The predicted octanol–water partition coefficient (Wildman–Crippen LogP) is 3.98. The molecule has 2 aromatic carbocycles. The fourth-order valence-corrected chi connectivity index (χ4v) is 3.49. The van der Waals surface area contributed by atoms with Gasteiger partial charge in [-0.3, -0.25) is 9.78 Å². The van der Waals surface area contributed by atoms with E-state index < -0.39 is 5.54 Å². The third-order valence-corrected chi connectivity index (χ3v) is 5.22. The first-order chi connectivity index (χ1) is 13.1. The highest BCUT2D eigenvalue weighted by atomic mass is 16.5. The van der Waals surface area contributed by atoms with Gasteiger partial charge in [0.15, 0.2) is 0 Å². The summed E-state index contributed by atoms with van der Waals surface area (Å²) in [6.07, 6.45) is 3.53. The number of rotatable bonds is 5. The highest BCUT2D eigenvalue weighted by Crippen LogP contribution is 2.48. The first-order valence-electron chi connectivity index (χ1n) is 8.97. The van der Waals surface area contributed by atoms with Gasteiger partial charge in [0, 0.05) is 22.7 Å². The third-order valence-electron chi connectivity index (χ3n) is 5.22. The molecule has 0 spiro atoms. The summed E-state index contributed by atoms with van der Waals surface area (Å²) in [5.41, 5.74) is 3.04. The van der Waals surface area contributed by atoms with Gasteiger partial charge in [0.05, 0.1) is 25.3 Å². The normalized spacial score (nSPS) is 14.6. The molecular weight excluding hydrogens is 340 g/mol. The molecule has 1 N–H and O–H groups in total. The Labute approximate surface area is 158 Å². The number of methoxy groups -OCH3 is 2. The molecule has 0 aliphatic heterocycles. The maximum absolute atomic E-state index is 13.0. The van der Waals surface area contributed by atoms with E-state index in [-0.39, 0.29) is 5.91 Å². The zero-order valence-corrected chi connectivity index (χ0v) is 15.7. The van der Waals surface area contributed by atoms with Crippen LogP contribution in [0.25, 0.3) is 10.9 Å². The molecule has 1 heterocycles. The van der Waals surface area contributed by atoms with E-state index in [4.69, 9.17) is 9.47 Å². The summed E-state index contributed by atoms with van der Waals surface area (Å²) >= 11 is 0. The fourth-order valence-electron chi connectivity index (χ4n) is 3.49. The van der Waals surface area contributed by atoms with E-state index in [2.05, 4.69) is 10.3 Å². The maximum Gasteiger partial charge on any atom is 0.252 e. The van der Waals surface area contributed by atoms with Crippen LogP contribution in [-0.2, 0) is 5.54 Å². The molecule has 0 saturated heterocycles. The van der Waals surface area contributed by atoms with Gasteiger partial charge in [-0.2, -0.15) is 0 Å². The standard InChI is InChI=1S/C22H22N2O3/c1-14-6-7-16(26-2)12-18(14)21(25)24-22(8-9-22)19-13-17(27-3)11-15-5-4-10-23-20(15)19/h4-7,10-13H,8-9H2,1-3H3,(H,24,25). The molecular formula is C22H22N2O3. The molecule has 3 aromatic rings. The van der Waals surface area contributed by atoms with E-state index in [1.807, 2.05) is 43.3 Å². The van der Waals surface area contributed by atoms with Gasteiger partial charge in [-0.05, 0) is 55.7 Å². The Morgan fingerprint density at radius 3 is 2.56 bits per heavy atom. The quantitative estimate of drug-likeness (QED) is 0.746. The number of aryl methyl sites for hydroxylation is 1. The van der Waals surface area contributed by atoms with Crippen LogP contribution >= 0.6 is 0 Å². The van der Waals surface area contributed by atoms with E-state index in [9.17, 15) is 4.79 Å². The number of aromatic nitrogens is 1. The number of amides is 1. The minimum Gasteiger partial charge on any atom is -0.497 e. The molecule has 1 aliphatic carbocycles. The van der Waals surface area contributed by atoms with Gasteiger partial charge in [0.25, 0.3) is 5.91 Å². The molecule has 5 nitrogen and oxygen atoms in total. The lowest BCUT2D eigenvalue weighted by atomic mass is 9.99. The van der Waals surface area contributed by atoms with Crippen molar-refractivity contribution in [2.24, 2.45) is 0 Å². The van der Waals surface area contributed by atoms with E-state index in [0.29, 0.717) is 11.3 Å². The van der Waals surface area contributed by atoms with Crippen molar-refractivity contribution in [3.8, 4) is 11.5 Å². The van der Waals surface area contributed by atoms with Gasteiger partial charge in [-0.1, -0.05) is 12.1 Å². The van der Waals surface area contributed by atoms with Gasteiger partial charge in [-0.15, -0.1) is 0 Å². The number of hydrogen-bond donors (Lipinski definition) is 1. The van der Waals surface area contributed by atoms with Crippen molar-refractivity contribution in [3.63, 3.8) is 0 Å². The van der Waals surface area contributed by atoms with E-state index in [0.717, 1.165) is 40.6 Å². The van der Waals surface area contributed by atoms with Crippen LogP contribution in [0.4, 0.5) is 0 Å². The zero-order valence-electron chi connectivity index (χ0n) is 15.7. The molecule has 1 saturated carbocycles. The van der Waals surface area contributed by atoms with Gasteiger partial charge in [0.2, 0.25) is 0 Å². The van der Waals surface area contributed by atoms with Crippen LogP contribution in [0.5, 0.6) is 11.5 Å². The SMILES string of the molecule is COc1ccc(C)c(C(=O)NC2(c3cc(OC)cc4cccnc34)CC2)c1. The Kier molecular flexibility index (Phi) is 4.22. The Balaban J connectivity index is 1.73. The van der Waals surface area contributed by atoms with Crippen LogP contribution in [0.15, 0.2) is 48.7 Å². The minimum absolute atomic E-state index is 0.101. The van der Waals surface area contributed by atoms with Crippen LogP contribution < -0.4 is 14.8 Å². The molecule has 138 valence electrons. The van der Waals surface area contributed by atoms with Crippen LogP contribution in [0.2, 0.25) is 0 Å². The number of nitrogens with one attached hydrogen (secondary N) is 1. The Bertz CT molecular complexity index is 1030. The third kappa shape index (κ3) is 3.10.